The molecule has 3 rings (SSSR count). The summed E-state index contributed by atoms with van der Waals surface area (Å²) < 4.78 is 0. The third kappa shape index (κ3) is 3.70. The van der Waals surface area contributed by atoms with Crippen LogP contribution < -0.4 is 10.9 Å². The highest BCUT2D eigenvalue weighted by atomic mass is 32.1. The first-order valence-corrected chi connectivity index (χ1v) is 7.89. The zero-order valence-corrected chi connectivity index (χ0v) is 13.5. The molecule has 0 fully saturated rings. The van der Waals surface area contributed by atoms with Gasteiger partial charge in [0.15, 0.2) is 0 Å². The number of rotatable bonds is 4. The van der Waals surface area contributed by atoms with Crippen LogP contribution in [0.5, 0.6) is 0 Å². The minimum atomic E-state index is -0.328. The van der Waals surface area contributed by atoms with Crippen molar-refractivity contribution in [1.82, 2.24) is 20.4 Å². The third-order valence-corrected chi connectivity index (χ3v) is 3.92. The summed E-state index contributed by atoms with van der Waals surface area (Å²) in [6, 6.07) is 11.6. The maximum atomic E-state index is 12.1. The van der Waals surface area contributed by atoms with Gasteiger partial charge in [-0.25, -0.2) is 15.0 Å². The van der Waals surface area contributed by atoms with Crippen LogP contribution in [0.2, 0.25) is 0 Å². The van der Waals surface area contributed by atoms with Crippen LogP contribution in [0.4, 0.5) is 5.95 Å². The lowest BCUT2D eigenvalue weighted by Gasteiger charge is -2.06. The number of benzene rings is 1. The van der Waals surface area contributed by atoms with Crippen molar-refractivity contribution in [3.05, 3.63) is 58.9 Å². The fourth-order valence-electron chi connectivity index (χ4n) is 2.05. The third-order valence-electron chi connectivity index (χ3n) is 3.03. The average Bonchev–Trinajstić information content (AvgIpc) is 3.03. The van der Waals surface area contributed by atoms with Crippen molar-refractivity contribution in [3.63, 3.8) is 0 Å². The van der Waals surface area contributed by atoms with Crippen LogP contribution in [-0.2, 0) is 0 Å². The molecule has 0 aliphatic carbocycles. The van der Waals surface area contributed by atoms with Crippen molar-refractivity contribution in [2.75, 3.05) is 5.43 Å². The summed E-state index contributed by atoms with van der Waals surface area (Å²) in [5.74, 6) is 0.0283. The van der Waals surface area contributed by atoms with Crippen LogP contribution in [0, 0.1) is 13.8 Å². The van der Waals surface area contributed by atoms with Gasteiger partial charge in [0.25, 0.3) is 5.91 Å². The molecule has 116 valence electrons. The van der Waals surface area contributed by atoms with Gasteiger partial charge in [0.1, 0.15) is 10.7 Å². The summed E-state index contributed by atoms with van der Waals surface area (Å²) in [4.78, 5) is 24.9. The van der Waals surface area contributed by atoms with E-state index in [9.17, 15) is 4.79 Å². The van der Waals surface area contributed by atoms with Crippen molar-refractivity contribution < 1.29 is 4.79 Å². The number of nitrogens with zero attached hydrogens (tertiary/aromatic N) is 3. The molecule has 0 saturated heterocycles. The van der Waals surface area contributed by atoms with E-state index in [1.807, 2.05) is 50.2 Å². The number of carbonyl (C=O) groups is 1. The first kappa shape index (κ1) is 15.1. The van der Waals surface area contributed by atoms with Crippen molar-refractivity contribution in [3.8, 4) is 10.6 Å². The summed E-state index contributed by atoms with van der Waals surface area (Å²) in [6.07, 6.45) is 0. The molecular formula is C16H15N5OS. The van der Waals surface area contributed by atoms with Crippen LogP contribution in [0.1, 0.15) is 21.9 Å². The molecule has 0 aliphatic rings. The first-order valence-electron chi connectivity index (χ1n) is 7.01. The molecule has 1 aromatic carbocycles. The fraction of sp³-hybridized carbons (Fsp3) is 0.125. The number of hydrogen-bond acceptors (Lipinski definition) is 6. The summed E-state index contributed by atoms with van der Waals surface area (Å²) in [5.41, 5.74) is 8.28. The molecule has 2 heterocycles. The van der Waals surface area contributed by atoms with E-state index < -0.39 is 0 Å². The summed E-state index contributed by atoms with van der Waals surface area (Å²) in [6.45, 7) is 3.74. The standard InChI is InChI=1S/C16H15N5OS/c1-10-8-11(2)18-16(17-10)21-20-14(22)13-9-23-15(19-13)12-6-4-3-5-7-12/h3-9H,1-2H3,(H,20,22)(H,17,18,21). The Balaban J connectivity index is 1.68. The van der Waals surface area contributed by atoms with E-state index in [-0.39, 0.29) is 5.91 Å². The summed E-state index contributed by atoms with van der Waals surface area (Å²) >= 11 is 1.43. The van der Waals surface area contributed by atoms with Gasteiger partial charge in [-0.3, -0.25) is 15.6 Å². The lowest BCUT2D eigenvalue weighted by atomic mass is 10.2. The zero-order valence-electron chi connectivity index (χ0n) is 12.7. The molecule has 0 saturated carbocycles. The van der Waals surface area contributed by atoms with E-state index >= 15 is 0 Å². The van der Waals surface area contributed by atoms with Gasteiger partial charge in [0.2, 0.25) is 5.95 Å². The Morgan fingerprint density at radius 1 is 1.04 bits per heavy atom. The number of hydrogen-bond donors (Lipinski definition) is 2. The van der Waals surface area contributed by atoms with Crippen molar-refractivity contribution in [2.45, 2.75) is 13.8 Å². The Morgan fingerprint density at radius 3 is 2.43 bits per heavy atom. The first-order chi connectivity index (χ1) is 11.1. The quantitative estimate of drug-likeness (QED) is 0.721. The molecule has 0 aliphatic heterocycles. The topological polar surface area (TPSA) is 79.8 Å². The van der Waals surface area contributed by atoms with Crippen LogP contribution in [0.25, 0.3) is 10.6 Å². The van der Waals surface area contributed by atoms with Gasteiger partial charge < -0.3 is 0 Å². The van der Waals surface area contributed by atoms with Gasteiger partial charge in [-0.05, 0) is 19.9 Å². The minimum absolute atomic E-state index is 0.328. The molecule has 0 bridgehead atoms. The highest BCUT2D eigenvalue weighted by Crippen LogP contribution is 2.23. The second-order valence-electron chi connectivity index (χ2n) is 4.96. The van der Waals surface area contributed by atoms with Gasteiger partial charge >= 0.3 is 0 Å². The van der Waals surface area contributed by atoms with Crippen LogP contribution in [0.15, 0.2) is 41.8 Å². The monoisotopic (exact) mass is 325 g/mol. The maximum Gasteiger partial charge on any atom is 0.289 e. The van der Waals surface area contributed by atoms with Gasteiger partial charge in [0.05, 0.1) is 0 Å². The van der Waals surface area contributed by atoms with E-state index in [1.54, 1.807) is 5.38 Å². The maximum absolute atomic E-state index is 12.1. The second kappa shape index (κ2) is 6.53. The Kier molecular flexibility index (Phi) is 4.29. The summed E-state index contributed by atoms with van der Waals surface area (Å²) in [7, 11) is 0. The Labute approximate surface area is 137 Å². The highest BCUT2D eigenvalue weighted by molar-refractivity contribution is 7.13. The van der Waals surface area contributed by atoms with Gasteiger partial charge in [-0.2, -0.15) is 0 Å². The predicted octanol–water partition coefficient (Wildman–Crippen LogP) is 2.97. The van der Waals surface area contributed by atoms with Crippen molar-refractivity contribution in [1.29, 1.82) is 0 Å². The Morgan fingerprint density at radius 2 is 1.74 bits per heavy atom. The van der Waals surface area contributed by atoms with E-state index in [4.69, 9.17) is 0 Å². The van der Waals surface area contributed by atoms with Crippen molar-refractivity contribution in [2.24, 2.45) is 0 Å². The Bertz CT molecular complexity index is 811. The number of aryl methyl sites for hydroxylation is 2. The number of thiazole rings is 1. The number of aromatic nitrogens is 3. The normalized spacial score (nSPS) is 10.3. The van der Waals surface area contributed by atoms with Crippen molar-refractivity contribution >= 4 is 23.2 Å². The number of nitrogens with one attached hydrogen (secondary N) is 2. The zero-order chi connectivity index (χ0) is 16.2. The van der Waals surface area contributed by atoms with Gasteiger partial charge in [-0.1, -0.05) is 30.3 Å². The van der Waals surface area contributed by atoms with E-state index in [0.717, 1.165) is 22.0 Å². The molecule has 23 heavy (non-hydrogen) atoms. The average molecular weight is 325 g/mol. The second-order valence-corrected chi connectivity index (χ2v) is 5.82. The largest absolute Gasteiger partial charge is 0.289 e. The Hall–Kier alpha value is -2.80. The fourth-order valence-corrected chi connectivity index (χ4v) is 2.86. The molecule has 0 atom stereocenters. The van der Waals surface area contributed by atoms with Gasteiger partial charge in [-0.15, -0.1) is 11.3 Å². The molecule has 6 nitrogen and oxygen atoms in total. The SMILES string of the molecule is Cc1cc(C)nc(NNC(=O)c2csc(-c3ccccc3)n2)n1. The van der Waals surface area contributed by atoms with Gasteiger partial charge in [0, 0.05) is 22.3 Å². The smallest absolute Gasteiger partial charge is 0.266 e. The molecule has 7 heteroatoms. The molecular weight excluding hydrogens is 310 g/mol. The molecule has 2 aromatic heterocycles. The lowest BCUT2D eigenvalue weighted by molar-refractivity contribution is 0.0958. The molecule has 2 N–H and O–H groups in total. The number of hydrazine groups is 1. The van der Waals surface area contributed by atoms with Crippen LogP contribution >= 0.6 is 11.3 Å². The van der Waals surface area contributed by atoms with E-state index in [0.29, 0.717) is 11.6 Å². The van der Waals surface area contributed by atoms with E-state index in [2.05, 4.69) is 25.8 Å². The molecule has 0 spiro atoms. The lowest BCUT2D eigenvalue weighted by Crippen LogP contribution is -2.30. The predicted molar refractivity (Wildman–Crippen MR) is 90.1 cm³/mol. The molecule has 3 aromatic rings. The number of anilines is 1. The summed E-state index contributed by atoms with van der Waals surface area (Å²) in [5, 5.41) is 2.53. The number of amides is 1. The van der Waals surface area contributed by atoms with E-state index in [1.165, 1.54) is 11.3 Å². The molecule has 0 unspecified atom stereocenters. The van der Waals surface area contributed by atoms with Crippen LogP contribution in [-0.4, -0.2) is 20.9 Å². The molecule has 1 amide bonds. The number of carbonyl (C=O) groups excluding carboxylic acids is 1. The molecule has 0 radical (unpaired) electrons. The minimum Gasteiger partial charge on any atom is -0.266 e. The van der Waals surface area contributed by atoms with Crippen LogP contribution in [0.3, 0.4) is 0 Å². The highest BCUT2D eigenvalue weighted by Gasteiger charge is 2.12.